The van der Waals surface area contributed by atoms with E-state index in [1.54, 1.807) is 73.7 Å². The molecule has 7 nitrogen and oxygen atoms in total. The summed E-state index contributed by atoms with van der Waals surface area (Å²) in [6, 6.07) is 20.9. The van der Waals surface area contributed by atoms with Gasteiger partial charge in [0.1, 0.15) is 5.75 Å². The van der Waals surface area contributed by atoms with Crippen molar-refractivity contribution < 1.29 is 19.1 Å². The first-order valence-electron chi connectivity index (χ1n) is 9.94. The summed E-state index contributed by atoms with van der Waals surface area (Å²) in [5.41, 5.74) is 5.99. The molecule has 32 heavy (non-hydrogen) atoms. The van der Waals surface area contributed by atoms with Crippen molar-refractivity contribution in [1.82, 2.24) is 5.43 Å². The molecule has 0 aliphatic heterocycles. The van der Waals surface area contributed by atoms with Crippen LogP contribution in [0.2, 0.25) is 0 Å². The number of hydrazone groups is 1. The largest absolute Gasteiger partial charge is 0.422 e. The topological polar surface area (TPSA) is 96.9 Å². The highest BCUT2D eigenvalue weighted by molar-refractivity contribution is 6.39. The second-order valence-corrected chi connectivity index (χ2v) is 7.22. The summed E-state index contributed by atoms with van der Waals surface area (Å²) in [6.07, 6.45) is 0. The molecule has 7 heteroatoms. The van der Waals surface area contributed by atoms with Crippen LogP contribution in [0.4, 0.5) is 5.69 Å². The summed E-state index contributed by atoms with van der Waals surface area (Å²) in [7, 11) is 0. The van der Waals surface area contributed by atoms with Gasteiger partial charge in [-0.15, -0.1) is 0 Å². The second-order valence-electron chi connectivity index (χ2n) is 7.22. The van der Waals surface area contributed by atoms with Gasteiger partial charge in [-0.1, -0.05) is 36.4 Å². The highest BCUT2D eigenvalue weighted by Gasteiger charge is 2.16. The van der Waals surface area contributed by atoms with Crippen LogP contribution in [0.15, 0.2) is 77.9 Å². The average molecular weight is 429 g/mol. The Morgan fingerprint density at radius 3 is 2.12 bits per heavy atom. The Morgan fingerprint density at radius 2 is 1.44 bits per heavy atom. The number of anilines is 1. The van der Waals surface area contributed by atoms with E-state index < -0.39 is 17.8 Å². The molecule has 3 aromatic carbocycles. The Kier molecular flexibility index (Phi) is 7.13. The van der Waals surface area contributed by atoms with Gasteiger partial charge in [0.05, 0.1) is 11.3 Å². The minimum Gasteiger partial charge on any atom is -0.422 e. The first-order valence-corrected chi connectivity index (χ1v) is 9.94. The Morgan fingerprint density at radius 1 is 0.812 bits per heavy atom. The first-order chi connectivity index (χ1) is 15.3. The molecule has 3 aromatic rings. The second kappa shape index (κ2) is 10.2. The third kappa shape index (κ3) is 5.89. The smallest absolute Gasteiger partial charge is 0.343 e. The fourth-order valence-corrected chi connectivity index (χ4v) is 3.07. The fraction of sp³-hybridized carbons (Fsp3) is 0.120. The average Bonchev–Trinajstić information content (AvgIpc) is 2.77. The Hall–Kier alpha value is -4.26. The number of ether oxygens (including phenoxy) is 1. The number of hydrogen-bond acceptors (Lipinski definition) is 5. The summed E-state index contributed by atoms with van der Waals surface area (Å²) in [6.45, 7) is 5.44. The number of carbonyl (C=O) groups excluding carboxylic acids is 3. The number of hydrogen-bond donors (Lipinski definition) is 2. The van der Waals surface area contributed by atoms with Gasteiger partial charge in [0.15, 0.2) is 0 Å². The van der Waals surface area contributed by atoms with E-state index in [4.69, 9.17) is 4.74 Å². The molecule has 0 heterocycles. The van der Waals surface area contributed by atoms with Crippen LogP contribution in [-0.4, -0.2) is 23.5 Å². The molecule has 2 N–H and O–H groups in total. The minimum atomic E-state index is -0.915. The molecule has 0 aliphatic rings. The molecule has 3 rings (SSSR count). The van der Waals surface area contributed by atoms with Gasteiger partial charge in [-0.25, -0.2) is 10.2 Å². The number of nitrogens with zero attached hydrogens (tertiary/aromatic N) is 1. The quantitative estimate of drug-likeness (QED) is 0.211. The molecular formula is C25H23N3O4. The van der Waals surface area contributed by atoms with E-state index in [0.717, 1.165) is 11.1 Å². The molecule has 0 radical (unpaired) electrons. The highest BCUT2D eigenvalue weighted by Crippen LogP contribution is 2.20. The van der Waals surface area contributed by atoms with E-state index in [1.165, 1.54) is 0 Å². The van der Waals surface area contributed by atoms with Crippen molar-refractivity contribution in [2.24, 2.45) is 5.10 Å². The van der Waals surface area contributed by atoms with Gasteiger partial charge >= 0.3 is 17.8 Å². The third-order valence-electron chi connectivity index (χ3n) is 4.50. The molecule has 2 amide bonds. The monoisotopic (exact) mass is 429 g/mol. The number of benzene rings is 3. The summed E-state index contributed by atoms with van der Waals surface area (Å²) in [4.78, 5) is 36.8. The third-order valence-corrected chi connectivity index (χ3v) is 4.50. The van der Waals surface area contributed by atoms with Crippen molar-refractivity contribution in [3.05, 3.63) is 95.1 Å². The number of nitrogens with one attached hydrogen (secondary N) is 2. The van der Waals surface area contributed by atoms with Crippen LogP contribution in [0, 0.1) is 13.8 Å². The van der Waals surface area contributed by atoms with Crippen LogP contribution in [-0.2, 0) is 9.59 Å². The predicted molar refractivity (Wildman–Crippen MR) is 123 cm³/mol. The first kappa shape index (κ1) is 22.4. The molecule has 0 bridgehead atoms. The number of rotatable bonds is 5. The van der Waals surface area contributed by atoms with Crippen LogP contribution in [0.3, 0.4) is 0 Å². The van der Waals surface area contributed by atoms with E-state index in [-0.39, 0.29) is 5.75 Å². The van der Waals surface area contributed by atoms with Crippen molar-refractivity contribution in [1.29, 1.82) is 0 Å². The number of para-hydroxylation sites is 1. The zero-order chi connectivity index (χ0) is 23.1. The van der Waals surface area contributed by atoms with E-state index >= 15 is 0 Å². The summed E-state index contributed by atoms with van der Waals surface area (Å²) in [5, 5.41) is 6.55. The maximum Gasteiger partial charge on any atom is 0.343 e. The van der Waals surface area contributed by atoms with E-state index in [9.17, 15) is 14.4 Å². The van der Waals surface area contributed by atoms with Crippen molar-refractivity contribution in [2.75, 3.05) is 5.32 Å². The van der Waals surface area contributed by atoms with E-state index in [2.05, 4.69) is 15.8 Å². The van der Waals surface area contributed by atoms with Crippen molar-refractivity contribution in [3.63, 3.8) is 0 Å². The number of amides is 2. The summed E-state index contributed by atoms with van der Waals surface area (Å²) >= 11 is 0. The lowest BCUT2D eigenvalue weighted by atomic mass is 10.1. The molecule has 0 aliphatic carbocycles. The lowest BCUT2D eigenvalue weighted by Gasteiger charge is -2.10. The maximum absolute atomic E-state index is 12.4. The van der Waals surface area contributed by atoms with Crippen molar-refractivity contribution in [2.45, 2.75) is 20.8 Å². The number of carbonyl (C=O) groups is 3. The lowest BCUT2D eigenvalue weighted by molar-refractivity contribution is -0.136. The molecule has 0 spiro atoms. The standard InChI is InChI=1S/C25H23N3O4/c1-16-13-17(2)15-20(14-16)26-23(29)24(30)28-27-18(3)21-11-7-8-12-22(21)32-25(31)19-9-5-4-6-10-19/h4-15H,1-3H3,(H,26,29)(H,28,30). The van der Waals surface area contributed by atoms with E-state index in [1.807, 2.05) is 19.9 Å². The normalized spacial score (nSPS) is 10.9. The predicted octanol–water partition coefficient (Wildman–Crippen LogP) is 4.00. The van der Waals surface area contributed by atoms with Crippen molar-refractivity contribution in [3.8, 4) is 5.75 Å². The molecule has 0 saturated carbocycles. The zero-order valence-electron chi connectivity index (χ0n) is 18.0. The Balaban J connectivity index is 1.68. The molecule has 0 fully saturated rings. The van der Waals surface area contributed by atoms with E-state index in [0.29, 0.717) is 22.5 Å². The van der Waals surface area contributed by atoms with Gasteiger partial charge < -0.3 is 10.1 Å². The van der Waals surface area contributed by atoms with Crippen molar-refractivity contribution >= 4 is 29.2 Å². The van der Waals surface area contributed by atoms with Gasteiger partial charge in [0.25, 0.3) is 0 Å². The molecule has 0 saturated heterocycles. The molecule has 0 aromatic heterocycles. The van der Waals surface area contributed by atoms with Crippen LogP contribution < -0.4 is 15.5 Å². The molecular weight excluding hydrogens is 406 g/mol. The summed E-state index contributed by atoms with van der Waals surface area (Å²) in [5.74, 6) is -1.98. The van der Waals surface area contributed by atoms with Gasteiger partial charge in [-0.2, -0.15) is 5.10 Å². The number of esters is 1. The van der Waals surface area contributed by atoms with Gasteiger partial charge in [-0.05, 0) is 68.3 Å². The summed E-state index contributed by atoms with van der Waals surface area (Å²) < 4.78 is 5.50. The van der Waals surface area contributed by atoms with Gasteiger partial charge in [-0.3, -0.25) is 9.59 Å². The van der Waals surface area contributed by atoms with Gasteiger partial charge in [0, 0.05) is 11.3 Å². The zero-order valence-corrected chi connectivity index (χ0v) is 18.0. The molecule has 162 valence electrons. The van der Waals surface area contributed by atoms with Crippen LogP contribution in [0.1, 0.15) is 34.0 Å². The Labute approximate surface area is 186 Å². The van der Waals surface area contributed by atoms with Gasteiger partial charge in [0.2, 0.25) is 0 Å². The highest BCUT2D eigenvalue weighted by atomic mass is 16.5. The van der Waals surface area contributed by atoms with Crippen LogP contribution in [0.25, 0.3) is 0 Å². The fourth-order valence-electron chi connectivity index (χ4n) is 3.07. The number of aryl methyl sites for hydroxylation is 2. The van der Waals surface area contributed by atoms with Crippen LogP contribution in [0.5, 0.6) is 5.75 Å². The molecule has 0 atom stereocenters. The van der Waals surface area contributed by atoms with Crippen LogP contribution >= 0.6 is 0 Å². The minimum absolute atomic E-state index is 0.288. The Bertz CT molecular complexity index is 1170. The molecule has 0 unspecified atom stereocenters. The maximum atomic E-state index is 12.4. The lowest BCUT2D eigenvalue weighted by Crippen LogP contribution is -2.33. The SMILES string of the molecule is CC(=NNC(=O)C(=O)Nc1cc(C)cc(C)c1)c1ccccc1OC(=O)c1ccccc1.